The molecule has 0 aliphatic carbocycles. The van der Waals surface area contributed by atoms with Gasteiger partial charge in [-0.25, -0.2) is 4.98 Å². The molecule has 0 aliphatic rings. The Kier molecular flexibility index (Phi) is 5.33. The van der Waals surface area contributed by atoms with E-state index in [4.69, 9.17) is 5.41 Å². The molecule has 0 radical (unpaired) electrons. The highest BCUT2D eigenvalue weighted by molar-refractivity contribution is 7.99. The number of imidazole rings is 1. The summed E-state index contributed by atoms with van der Waals surface area (Å²) in [5, 5.41) is 10.9. The van der Waals surface area contributed by atoms with E-state index in [1.807, 2.05) is 18.5 Å². The summed E-state index contributed by atoms with van der Waals surface area (Å²) in [5.74, 6) is 1.03. The maximum atomic E-state index is 12.9. The second-order valence-corrected chi connectivity index (χ2v) is 5.12. The zero-order chi connectivity index (χ0) is 13.7. The summed E-state index contributed by atoms with van der Waals surface area (Å²) in [4.78, 5) is 5.79. The van der Waals surface area contributed by atoms with Gasteiger partial charge >= 0.3 is 0 Å². The van der Waals surface area contributed by atoms with Crippen molar-refractivity contribution in [3.63, 3.8) is 0 Å². The van der Waals surface area contributed by atoms with Crippen LogP contribution < -0.4 is 0 Å². The first-order chi connectivity index (χ1) is 8.56. The highest BCUT2D eigenvalue weighted by Crippen LogP contribution is 2.23. The van der Waals surface area contributed by atoms with Crippen LogP contribution in [0.2, 0.25) is 0 Å². The minimum Gasteiger partial charge on any atom is -0.348 e. The predicted molar refractivity (Wildman–Crippen MR) is 73.3 cm³/mol. The van der Waals surface area contributed by atoms with Crippen LogP contribution in [-0.4, -0.2) is 45.3 Å². The van der Waals surface area contributed by atoms with E-state index in [9.17, 15) is 4.48 Å². The van der Waals surface area contributed by atoms with E-state index in [1.165, 1.54) is 6.21 Å². The van der Waals surface area contributed by atoms with E-state index in [0.29, 0.717) is 5.69 Å². The maximum Gasteiger partial charge on any atom is 0.190 e. The Labute approximate surface area is 111 Å². The Morgan fingerprint density at radius 1 is 1.78 bits per heavy atom. The first-order valence-corrected chi connectivity index (χ1v) is 6.62. The molecule has 1 unspecified atom stereocenters. The topological polar surface area (TPSA) is 57.3 Å². The van der Waals surface area contributed by atoms with Crippen molar-refractivity contribution in [2.45, 2.75) is 24.9 Å². The number of hydrogen-bond acceptors (Lipinski definition) is 4. The number of halogens is 1. The van der Waals surface area contributed by atoms with Crippen LogP contribution in [0, 0.1) is 5.41 Å². The lowest BCUT2D eigenvalue weighted by atomic mass is 10.3. The number of aromatic nitrogens is 2. The standard InChI is InChI=1S/C11H18FN5S/c1-5-18-11-9(14-7-16(11)3)10(15-12)17(4)8(2)6-13/h6-8,13H,5H2,1-4H3. The molecule has 5 nitrogen and oxygen atoms in total. The average molecular weight is 271 g/mol. The smallest absolute Gasteiger partial charge is 0.190 e. The van der Waals surface area contributed by atoms with Gasteiger partial charge in [0.2, 0.25) is 0 Å². The molecule has 1 aromatic rings. The molecule has 0 aliphatic heterocycles. The van der Waals surface area contributed by atoms with Gasteiger partial charge in [-0.2, -0.15) is 0 Å². The monoisotopic (exact) mass is 271 g/mol. The van der Waals surface area contributed by atoms with Gasteiger partial charge < -0.3 is 14.9 Å². The molecular formula is C11H18FN5S. The lowest BCUT2D eigenvalue weighted by molar-refractivity contribution is 0.443. The van der Waals surface area contributed by atoms with E-state index in [0.717, 1.165) is 10.8 Å². The fourth-order valence-corrected chi connectivity index (χ4v) is 2.26. The fourth-order valence-electron chi connectivity index (χ4n) is 1.45. The Morgan fingerprint density at radius 3 is 2.94 bits per heavy atom. The summed E-state index contributed by atoms with van der Waals surface area (Å²) < 4.78 is 14.8. The van der Waals surface area contributed by atoms with E-state index in [1.54, 1.807) is 37.0 Å². The third-order valence-electron chi connectivity index (χ3n) is 2.64. The summed E-state index contributed by atoms with van der Waals surface area (Å²) in [6.07, 6.45) is 2.88. The van der Waals surface area contributed by atoms with E-state index in [2.05, 4.69) is 10.2 Å². The highest BCUT2D eigenvalue weighted by atomic mass is 32.2. The summed E-state index contributed by atoms with van der Waals surface area (Å²) in [6.45, 7) is 3.82. The van der Waals surface area contributed by atoms with E-state index >= 15 is 0 Å². The third kappa shape index (κ3) is 2.90. The molecule has 1 rings (SSSR count). The lowest BCUT2D eigenvalue weighted by Gasteiger charge is -2.23. The molecule has 0 saturated carbocycles. The molecule has 0 fully saturated rings. The highest BCUT2D eigenvalue weighted by Gasteiger charge is 2.21. The Bertz CT molecular complexity index is 443. The Hall–Kier alpha value is -1.37. The van der Waals surface area contributed by atoms with Crippen molar-refractivity contribution in [2.75, 3.05) is 12.8 Å². The van der Waals surface area contributed by atoms with Crippen molar-refractivity contribution in [3.05, 3.63) is 12.0 Å². The third-order valence-corrected chi connectivity index (χ3v) is 3.69. The van der Waals surface area contributed by atoms with Gasteiger partial charge in [0.1, 0.15) is 10.7 Å². The van der Waals surface area contributed by atoms with Gasteiger partial charge in [-0.05, 0) is 12.7 Å². The van der Waals surface area contributed by atoms with Crippen molar-refractivity contribution in [3.8, 4) is 0 Å². The lowest BCUT2D eigenvalue weighted by Crippen LogP contribution is -2.36. The minimum atomic E-state index is -0.235. The molecule has 0 amide bonds. The van der Waals surface area contributed by atoms with Crippen molar-refractivity contribution < 1.29 is 4.48 Å². The average Bonchev–Trinajstić information content (AvgIpc) is 2.72. The molecule has 1 atom stereocenters. The molecule has 18 heavy (non-hydrogen) atoms. The molecule has 0 bridgehead atoms. The second-order valence-electron chi connectivity index (χ2n) is 3.87. The summed E-state index contributed by atoms with van der Waals surface area (Å²) in [6, 6.07) is -0.235. The first-order valence-electron chi connectivity index (χ1n) is 5.63. The van der Waals surface area contributed by atoms with Gasteiger partial charge in [0.05, 0.1) is 12.4 Å². The second kappa shape index (κ2) is 6.53. The number of nitrogens with one attached hydrogen (secondary N) is 1. The van der Waals surface area contributed by atoms with Gasteiger partial charge in [-0.3, -0.25) is 0 Å². The van der Waals surface area contributed by atoms with Crippen LogP contribution in [0.5, 0.6) is 0 Å². The van der Waals surface area contributed by atoms with Crippen LogP contribution in [0.4, 0.5) is 4.48 Å². The maximum absolute atomic E-state index is 12.9. The predicted octanol–water partition coefficient (Wildman–Crippen LogP) is 2.13. The Morgan fingerprint density at radius 2 is 2.44 bits per heavy atom. The van der Waals surface area contributed by atoms with E-state index < -0.39 is 0 Å². The van der Waals surface area contributed by atoms with Gasteiger partial charge in [-0.15, -0.1) is 11.8 Å². The molecule has 0 saturated heterocycles. The van der Waals surface area contributed by atoms with Crippen LogP contribution in [0.25, 0.3) is 0 Å². The Balaban J connectivity index is 3.14. The number of aryl methyl sites for hydroxylation is 1. The van der Waals surface area contributed by atoms with Crippen LogP contribution >= 0.6 is 11.8 Å². The quantitative estimate of drug-likeness (QED) is 0.507. The summed E-state index contributed by atoms with van der Waals surface area (Å²) in [5.41, 5.74) is 0.517. The fraction of sp³-hybridized carbons (Fsp3) is 0.545. The van der Waals surface area contributed by atoms with Gasteiger partial charge in [0.15, 0.2) is 5.84 Å². The van der Waals surface area contributed by atoms with Crippen molar-refractivity contribution in [2.24, 2.45) is 12.3 Å². The molecular weight excluding hydrogens is 253 g/mol. The minimum absolute atomic E-state index is 0.155. The van der Waals surface area contributed by atoms with Crippen LogP contribution in [0.1, 0.15) is 19.5 Å². The van der Waals surface area contributed by atoms with Crippen molar-refractivity contribution >= 4 is 23.8 Å². The molecule has 1 N–H and O–H groups in total. The SMILES string of the molecule is CCSc1c(C(=NF)N(C)C(C)C=N)ncn1C. The van der Waals surface area contributed by atoms with Gasteiger partial charge in [0.25, 0.3) is 0 Å². The number of thioether (sulfide) groups is 1. The largest absolute Gasteiger partial charge is 0.348 e. The van der Waals surface area contributed by atoms with E-state index in [-0.39, 0.29) is 11.9 Å². The molecule has 1 heterocycles. The van der Waals surface area contributed by atoms with Crippen molar-refractivity contribution in [1.82, 2.24) is 14.5 Å². The number of nitrogens with zero attached hydrogens (tertiary/aromatic N) is 4. The number of rotatable bonds is 5. The van der Waals surface area contributed by atoms with Gasteiger partial charge in [-0.1, -0.05) is 16.6 Å². The number of hydrogen-bond donors (Lipinski definition) is 1. The van der Waals surface area contributed by atoms with Crippen LogP contribution in [-0.2, 0) is 7.05 Å². The van der Waals surface area contributed by atoms with Crippen LogP contribution in [0.3, 0.4) is 0 Å². The molecule has 7 heteroatoms. The summed E-state index contributed by atoms with van der Waals surface area (Å²) in [7, 11) is 3.56. The zero-order valence-electron chi connectivity index (χ0n) is 11.0. The number of amidine groups is 1. The molecule has 0 aromatic carbocycles. The van der Waals surface area contributed by atoms with Gasteiger partial charge in [0, 0.05) is 20.3 Å². The normalized spacial score (nSPS) is 13.5. The summed E-state index contributed by atoms with van der Waals surface area (Å²) >= 11 is 1.58. The van der Waals surface area contributed by atoms with Crippen molar-refractivity contribution in [1.29, 1.82) is 5.41 Å². The molecule has 1 aromatic heterocycles. The zero-order valence-corrected chi connectivity index (χ0v) is 11.8. The molecule has 100 valence electrons. The molecule has 0 spiro atoms. The van der Waals surface area contributed by atoms with Crippen LogP contribution in [0.15, 0.2) is 16.6 Å². The first kappa shape index (κ1) is 14.7.